The number of hydrazone groups is 1. The number of benzene rings is 2. The van der Waals surface area contributed by atoms with Gasteiger partial charge in [0.05, 0.1) is 11.9 Å². The minimum atomic E-state index is -1.18. The van der Waals surface area contributed by atoms with Crippen LogP contribution in [0.15, 0.2) is 52.5 Å². The number of nitrogens with zero attached hydrogens (tertiary/aromatic N) is 2. The number of nitrogens with one attached hydrogen (secondary N) is 3. The van der Waals surface area contributed by atoms with E-state index in [2.05, 4.69) is 21.3 Å². The lowest BCUT2D eigenvalue weighted by Gasteiger charge is -2.37. The molecular weight excluding hydrogens is 394 g/mol. The molecule has 0 aromatic heterocycles. The predicted molar refractivity (Wildman–Crippen MR) is 105 cm³/mol. The van der Waals surface area contributed by atoms with Crippen molar-refractivity contribution >= 4 is 58.5 Å². The maximum absolute atomic E-state index is 13.1. The monoisotopic (exact) mass is 405 g/mol. The van der Waals surface area contributed by atoms with E-state index in [1.54, 1.807) is 24.3 Å². The first-order valence-corrected chi connectivity index (χ1v) is 9.09. The fourth-order valence-corrected chi connectivity index (χ4v) is 4.10. The number of thiocarbonyl (C=S) groups is 1. The number of carbonyl (C=O) groups excluding carboxylic acids is 1. The minimum Gasteiger partial charge on any atom is -0.508 e. The first-order chi connectivity index (χ1) is 12.5. The van der Waals surface area contributed by atoms with Crippen LogP contribution >= 0.6 is 35.6 Å². The third-order valence-corrected chi connectivity index (χ3v) is 5.52. The van der Waals surface area contributed by atoms with Crippen molar-refractivity contribution in [2.45, 2.75) is 9.89 Å². The zero-order chi connectivity index (χ0) is 18.3. The van der Waals surface area contributed by atoms with Gasteiger partial charge < -0.3 is 10.4 Å². The number of hydrogen-bond donors (Lipinski definition) is 4. The molecule has 26 heavy (non-hydrogen) atoms. The van der Waals surface area contributed by atoms with Crippen molar-refractivity contribution in [1.29, 1.82) is 0 Å². The van der Waals surface area contributed by atoms with Gasteiger partial charge in [0.2, 0.25) is 10.1 Å². The number of amides is 1. The summed E-state index contributed by atoms with van der Waals surface area (Å²) in [6.45, 7) is 0. The molecule has 0 bridgehead atoms. The van der Waals surface area contributed by atoms with Crippen molar-refractivity contribution in [3.8, 4) is 5.75 Å². The molecule has 1 fully saturated rings. The summed E-state index contributed by atoms with van der Waals surface area (Å²) < 4.78 is 0. The van der Waals surface area contributed by atoms with Gasteiger partial charge in [-0.2, -0.15) is 15.5 Å². The minimum absolute atomic E-state index is 0.132. The van der Waals surface area contributed by atoms with Gasteiger partial charge in [0, 0.05) is 9.92 Å². The van der Waals surface area contributed by atoms with E-state index >= 15 is 0 Å². The Bertz CT molecular complexity index is 937. The SMILES string of the molecule is O=C1N(/N=C/c2ccc(O)cc2)C(=S)NNC12Nc1ccc(Cl)cc1S2. The molecule has 10 heteroatoms. The molecule has 2 heterocycles. The molecule has 2 aliphatic rings. The predicted octanol–water partition coefficient (Wildman–Crippen LogP) is 2.47. The van der Waals surface area contributed by atoms with E-state index < -0.39 is 4.99 Å². The smallest absolute Gasteiger partial charge is 0.303 e. The first kappa shape index (κ1) is 17.1. The number of rotatable bonds is 2. The van der Waals surface area contributed by atoms with Gasteiger partial charge in [-0.25, -0.2) is 0 Å². The number of fused-ring (bicyclic) bond motifs is 1. The quantitative estimate of drug-likeness (QED) is 0.451. The summed E-state index contributed by atoms with van der Waals surface area (Å²) in [6.07, 6.45) is 1.49. The number of thioether (sulfide) groups is 1. The van der Waals surface area contributed by atoms with E-state index in [9.17, 15) is 9.90 Å². The van der Waals surface area contributed by atoms with Crippen molar-refractivity contribution in [1.82, 2.24) is 15.9 Å². The number of aromatic hydroxyl groups is 1. The molecule has 0 saturated carbocycles. The van der Waals surface area contributed by atoms with E-state index in [4.69, 9.17) is 23.8 Å². The Morgan fingerprint density at radius 2 is 2.04 bits per heavy atom. The zero-order valence-corrected chi connectivity index (χ0v) is 15.5. The molecule has 4 rings (SSSR count). The fourth-order valence-electron chi connectivity index (χ4n) is 2.50. The lowest BCUT2D eigenvalue weighted by Crippen LogP contribution is -2.70. The molecule has 4 N–H and O–H groups in total. The van der Waals surface area contributed by atoms with E-state index in [0.29, 0.717) is 10.6 Å². The van der Waals surface area contributed by atoms with Crippen LogP contribution in [0.4, 0.5) is 5.69 Å². The first-order valence-electron chi connectivity index (χ1n) is 7.48. The van der Waals surface area contributed by atoms with Gasteiger partial charge in [0.1, 0.15) is 5.75 Å². The maximum atomic E-state index is 13.1. The van der Waals surface area contributed by atoms with Crippen molar-refractivity contribution in [2.24, 2.45) is 5.10 Å². The maximum Gasteiger partial charge on any atom is 0.303 e. The molecule has 1 saturated heterocycles. The number of hydrazine groups is 1. The average molecular weight is 406 g/mol. The molecule has 132 valence electrons. The van der Waals surface area contributed by atoms with Crippen molar-refractivity contribution in [2.75, 3.05) is 5.32 Å². The van der Waals surface area contributed by atoms with Crippen molar-refractivity contribution < 1.29 is 9.90 Å². The highest BCUT2D eigenvalue weighted by Crippen LogP contribution is 2.46. The normalized spacial score (nSPS) is 21.8. The van der Waals surface area contributed by atoms with Crippen LogP contribution in [0.5, 0.6) is 5.75 Å². The van der Waals surface area contributed by atoms with Crippen LogP contribution in [0.2, 0.25) is 5.02 Å². The average Bonchev–Trinajstić information content (AvgIpc) is 2.99. The van der Waals surface area contributed by atoms with Gasteiger partial charge in [-0.1, -0.05) is 23.4 Å². The van der Waals surface area contributed by atoms with Gasteiger partial charge in [0.15, 0.2) is 0 Å². The van der Waals surface area contributed by atoms with Crippen LogP contribution in [0.3, 0.4) is 0 Å². The summed E-state index contributed by atoms with van der Waals surface area (Å²) in [6, 6.07) is 11.8. The highest BCUT2D eigenvalue weighted by Gasteiger charge is 2.51. The number of halogens is 1. The molecular formula is C16H12ClN5O2S2. The van der Waals surface area contributed by atoms with Crippen LogP contribution in [-0.4, -0.2) is 32.3 Å². The van der Waals surface area contributed by atoms with Gasteiger partial charge >= 0.3 is 5.91 Å². The molecule has 1 atom stereocenters. The lowest BCUT2D eigenvalue weighted by molar-refractivity contribution is -0.131. The number of hydrogen-bond acceptors (Lipinski definition) is 7. The summed E-state index contributed by atoms with van der Waals surface area (Å²) in [7, 11) is 0. The number of anilines is 1. The Kier molecular flexibility index (Phi) is 4.23. The molecule has 1 amide bonds. The summed E-state index contributed by atoms with van der Waals surface area (Å²) in [5, 5.41) is 18.5. The number of phenolic OH excluding ortho intramolecular Hbond substituents is 1. The van der Waals surface area contributed by atoms with E-state index in [1.807, 2.05) is 6.07 Å². The highest BCUT2D eigenvalue weighted by atomic mass is 35.5. The second kappa shape index (κ2) is 6.44. The Hall–Kier alpha value is -2.33. The third kappa shape index (κ3) is 2.99. The highest BCUT2D eigenvalue weighted by molar-refractivity contribution is 8.02. The molecule has 2 aromatic carbocycles. The van der Waals surface area contributed by atoms with Gasteiger partial charge in [0.25, 0.3) is 0 Å². The number of phenols is 1. The molecule has 0 radical (unpaired) electrons. The topological polar surface area (TPSA) is 89.0 Å². The van der Waals surface area contributed by atoms with E-state index in [1.165, 1.54) is 30.1 Å². The van der Waals surface area contributed by atoms with Crippen LogP contribution < -0.4 is 16.2 Å². The van der Waals surface area contributed by atoms with Gasteiger partial charge in [-0.05, 0) is 60.2 Å². The standard InChI is InChI=1S/C16H12ClN5O2S2/c17-10-3-6-12-13(7-10)26-16(19-12)14(24)22(15(25)20-21-16)18-8-9-1-4-11(23)5-2-9/h1-8,19,21,23H,(H,20,25)/b18-8+. The second-order valence-electron chi connectivity index (χ2n) is 5.56. The van der Waals surface area contributed by atoms with Crippen LogP contribution in [0.25, 0.3) is 0 Å². The molecule has 2 aromatic rings. The second-order valence-corrected chi connectivity index (χ2v) is 7.64. The zero-order valence-electron chi connectivity index (χ0n) is 13.1. The Labute approximate surface area is 163 Å². The molecule has 7 nitrogen and oxygen atoms in total. The van der Waals surface area contributed by atoms with Gasteiger partial charge in [-0.15, -0.1) is 0 Å². The molecule has 1 spiro atoms. The summed E-state index contributed by atoms with van der Waals surface area (Å²) >= 11 is 12.5. The van der Waals surface area contributed by atoms with Crippen molar-refractivity contribution in [3.63, 3.8) is 0 Å². The third-order valence-electron chi connectivity index (χ3n) is 3.76. The van der Waals surface area contributed by atoms with Crippen LogP contribution in [-0.2, 0) is 4.79 Å². The number of carbonyl (C=O) groups is 1. The fraction of sp³-hybridized carbons (Fsp3) is 0.0625. The molecule has 1 unspecified atom stereocenters. The van der Waals surface area contributed by atoms with E-state index in [-0.39, 0.29) is 16.8 Å². The van der Waals surface area contributed by atoms with Crippen LogP contribution in [0.1, 0.15) is 5.56 Å². The van der Waals surface area contributed by atoms with Crippen molar-refractivity contribution in [3.05, 3.63) is 53.1 Å². The van der Waals surface area contributed by atoms with E-state index in [0.717, 1.165) is 15.6 Å². The van der Waals surface area contributed by atoms with Gasteiger partial charge in [-0.3, -0.25) is 10.2 Å². The molecule has 0 aliphatic carbocycles. The summed E-state index contributed by atoms with van der Waals surface area (Å²) in [5.74, 6) is -0.215. The summed E-state index contributed by atoms with van der Waals surface area (Å²) in [4.78, 5) is 12.7. The molecule has 2 aliphatic heterocycles. The lowest BCUT2D eigenvalue weighted by atomic mass is 10.2. The van der Waals surface area contributed by atoms with Crippen LogP contribution in [0, 0.1) is 0 Å². The largest absolute Gasteiger partial charge is 0.508 e. The Morgan fingerprint density at radius 3 is 2.81 bits per heavy atom. The Morgan fingerprint density at radius 1 is 1.27 bits per heavy atom. The Balaban J connectivity index is 1.60. The summed E-state index contributed by atoms with van der Waals surface area (Å²) in [5.41, 5.74) is 7.23.